The van der Waals surface area contributed by atoms with Crippen LogP contribution < -0.4 is 5.73 Å². The van der Waals surface area contributed by atoms with Crippen LogP contribution in [0.1, 0.15) is 43.2 Å². The minimum absolute atomic E-state index is 0.0459. The maximum Gasteiger partial charge on any atom is 0.0561 e. The first-order valence-corrected chi connectivity index (χ1v) is 7.95. The first-order valence-electron chi connectivity index (χ1n) is 6.69. The molecule has 1 nitrogen and oxygen atoms in total. The molecule has 1 aromatic carbocycles. The predicted molar refractivity (Wildman–Crippen MR) is 85.0 cm³/mol. The van der Waals surface area contributed by atoms with Crippen molar-refractivity contribution in [1.29, 1.82) is 0 Å². The Morgan fingerprint density at radius 1 is 1.16 bits per heavy atom. The van der Waals surface area contributed by atoms with Crippen LogP contribution in [0.5, 0.6) is 0 Å². The summed E-state index contributed by atoms with van der Waals surface area (Å²) < 4.78 is 0. The molecule has 2 rings (SSSR count). The molecule has 0 amide bonds. The molecule has 1 unspecified atom stereocenters. The van der Waals surface area contributed by atoms with Crippen LogP contribution >= 0.6 is 22.9 Å². The van der Waals surface area contributed by atoms with Crippen molar-refractivity contribution in [1.82, 2.24) is 0 Å². The fraction of sp³-hybridized carbons (Fsp3) is 0.375. The molecule has 19 heavy (non-hydrogen) atoms. The molecule has 1 heterocycles. The maximum atomic E-state index is 6.60. The summed E-state index contributed by atoms with van der Waals surface area (Å²) in [7, 11) is 0. The molecular formula is C16H20ClNS. The Labute approximate surface area is 124 Å². The topological polar surface area (TPSA) is 26.0 Å². The highest BCUT2D eigenvalue weighted by molar-refractivity contribution is 7.10. The van der Waals surface area contributed by atoms with E-state index in [4.69, 9.17) is 17.3 Å². The molecule has 0 radical (unpaired) electrons. The van der Waals surface area contributed by atoms with Crippen LogP contribution in [0, 0.1) is 0 Å². The normalized spacial score (nSPS) is 13.5. The Morgan fingerprint density at radius 3 is 2.26 bits per heavy atom. The summed E-state index contributed by atoms with van der Waals surface area (Å²) in [5.74, 6) is 0. The van der Waals surface area contributed by atoms with Gasteiger partial charge in [-0.15, -0.1) is 11.3 Å². The van der Waals surface area contributed by atoms with Crippen LogP contribution in [0.15, 0.2) is 41.8 Å². The van der Waals surface area contributed by atoms with Crippen LogP contribution in [0.25, 0.3) is 0 Å². The third-order valence-corrected chi connectivity index (χ3v) is 5.57. The van der Waals surface area contributed by atoms with Crippen LogP contribution in [-0.4, -0.2) is 0 Å². The molecule has 0 spiro atoms. The Kier molecular flexibility index (Phi) is 4.67. The van der Waals surface area contributed by atoms with Crippen molar-refractivity contribution in [2.24, 2.45) is 5.73 Å². The summed E-state index contributed by atoms with van der Waals surface area (Å²) in [6, 6.07) is 12.4. The third kappa shape index (κ3) is 2.58. The molecule has 0 aliphatic rings. The molecule has 1 aromatic heterocycles. The van der Waals surface area contributed by atoms with E-state index in [-0.39, 0.29) is 11.5 Å². The summed E-state index contributed by atoms with van der Waals surface area (Å²) in [5.41, 5.74) is 7.86. The smallest absolute Gasteiger partial charge is 0.0561 e. The number of hydrogen-bond donors (Lipinski definition) is 1. The summed E-state index contributed by atoms with van der Waals surface area (Å²) in [5, 5.41) is 2.80. The molecular weight excluding hydrogens is 274 g/mol. The van der Waals surface area contributed by atoms with Gasteiger partial charge in [0.25, 0.3) is 0 Å². The highest BCUT2D eigenvalue weighted by atomic mass is 35.5. The summed E-state index contributed by atoms with van der Waals surface area (Å²) >= 11 is 7.93. The van der Waals surface area contributed by atoms with Crippen LogP contribution in [0.4, 0.5) is 0 Å². The number of hydrogen-bond acceptors (Lipinski definition) is 2. The lowest BCUT2D eigenvalue weighted by molar-refractivity contribution is 0.325. The predicted octanol–water partition coefficient (Wildman–Crippen LogP) is 5.16. The monoisotopic (exact) mass is 293 g/mol. The lowest BCUT2D eigenvalue weighted by Gasteiger charge is -2.38. The fourth-order valence-electron chi connectivity index (χ4n) is 2.83. The number of benzene rings is 1. The zero-order valence-corrected chi connectivity index (χ0v) is 13.0. The molecule has 0 fully saturated rings. The van der Waals surface area contributed by atoms with E-state index in [1.165, 1.54) is 5.56 Å². The van der Waals surface area contributed by atoms with E-state index < -0.39 is 0 Å². The largest absolute Gasteiger partial charge is 0.322 e. The Bertz CT molecular complexity index is 517. The lowest BCUT2D eigenvalue weighted by atomic mass is 9.70. The van der Waals surface area contributed by atoms with E-state index in [2.05, 4.69) is 38.1 Å². The molecule has 0 aliphatic heterocycles. The van der Waals surface area contributed by atoms with E-state index in [0.29, 0.717) is 0 Å². The van der Waals surface area contributed by atoms with Crippen molar-refractivity contribution < 1.29 is 0 Å². The third-order valence-electron chi connectivity index (χ3n) is 4.13. The van der Waals surface area contributed by atoms with Crippen molar-refractivity contribution in [2.45, 2.75) is 38.1 Å². The van der Waals surface area contributed by atoms with Gasteiger partial charge in [0.15, 0.2) is 0 Å². The van der Waals surface area contributed by atoms with Gasteiger partial charge in [-0.05, 0) is 29.9 Å². The Hall–Kier alpha value is -0.830. The summed E-state index contributed by atoms with van der Waals surface area (Å²) in [6.45, 7) is 4.41. The van der Waals surface area contributed by atoms with E-state index in [0.717, 1.165) is 22.7 Å². The van der Waals surface area contributed by atoms with Crippen LogP contribution in [0.3, 0.4) is 0 Å². The van der Waals surface area contributed by atoms with E-state index in [9.17, 15) is 0 Å². The molecule has 102 valence electrons. The first kappa shape index (κ1) is 14.6. The molecule has 3 heteroatoms. The second-order valence-electron chi connectivity index (χ2n) is 4.84. The van der Waals surface area contributed by atoms with Crippen molar-refractivity contribution in [3.8, 4) is 0 Å². The van der Waals surface area contributed by atoms with Gasteiger partial charge in [-0.25, -0.2) is 0 Å². The number of thiophene rings is 1. The highest BCUT2D eigenvalue weighted by Crippen LogP contribution is 2.44. The van der Waals surface area contributed by atoms with Gasteiger partial charge in [-0.2, -0.15) is 0 Å². The zero-order chi connectivity index (χ0) is 13.9. The van der Waals surface area contributed by atoms with E-state index in [1.807, 2.05) is 17.5 Å². The van der Waals surface area contributed by atoms with Gasteiger partial charge >= 0.3 is 0 Å². The average molecular weight is 294 g/mol. The molecule has 0 aliphatic carbocycles. The fourth-order valence-corrected chi connectivity index (χ4v) is 4.12. The second-order valence-corrected chi connectivity index (χ2v) is 6.19. The Balaban J connectivity index is 2.48. The lowest BCUT2D eigenvalue weighted by Crippen LogP contribution is -2.37. The highest BCUT2D eigenvalue weighted by Gasteiger charge is 2.37. The number of halogens is 1. The minimum Gasteiger partial charge on any atom is -0.322 e. The van der Waals surface area contributed by atoms with Crippen LogP contribution in [-0.2, 0) is 5.41 Å². The zero-order valence-electron chi connectivity index (χ0n) is 11.4. The number of rotatable bonds is 5. The van der Waals surface area contributed by atoms with Gasteiger partial charge in [0.2, 0.25) is 0 Å². The van der Waals surface area contributed by atoms with Crippen molar-refractivity contribution >= 4 is 22.9 Å². The number of nitrogens with two attached hydrogens (primary N) is 1. The van der Waals surface area contributed by atoms with Gasteiger partial charge in [0.05, 0.1) is 11.1 Å². The molecule has 2 N–H and O–H groups in total. The van der Waals surface area contributed by atoms with Gasteiger partial charge in [-0.3, -0.25) is 0 Å². The molecule has 0 bridgehead atoms. The SMILES string of the molecule is CCC(CC)(c1ccccc1)C(N)c1sccc1Cl. The summed E-state index contributed by atoms with van der Waals surface area (Å²) in [4.78, 5) is 1.09. The Morgan fingerprint density at radius 2 is 1.79 bits per heavy atom. The van der Waals surface area contributed by atoms with Gasteiger partial charge in [0, 0.05) is 10.3 Å². The first-order chi connectivity index (χ1) is 9.15. The molecule has 2 aromatic rings. The van der Waals surface area contributed by atoms with Crippen LogP contribution in [0.2, 0.25) is 5.02 Å². The van der Waals surface area contributed by atoms with Crippen molar-refractivity contribution in [2.75, 3.05) is 0 Å². The van der Waals surface area contributed by atoms with Crippen molar-refractivity contribution in [3.63, 3.8) is 0 Å². The van der Waals surface area contributed by atoms with E-state index >= 15 is 0 Å². The minimum atomic E-state index is -0.0580. The standard InChI is InChI=1S/C16H20ClNS/c1-3-16(4-2,12-8-6-5-7-9-12)15(18)14-13(17)10-11-19-14/h5-11,15H,3-4,18H2,1-2H3. The van der Waals surface area contributed by atoms with E-state index in [1.54, 1.807) is 11.3 Å². The maximum absolute atomic E-state index is 6.60. The molecule has 0 saturated heterocycles. The molecule has 1 atom stereocenters. The van der Waals surface area contributed by atoms with Gasteiger partial charge in [0.1, 0.15) is 0 Å². The average Bonchev–Trinajstić information content (AvgIpc) is 2.88. The van der Waals surface area contributed by atoms with Gasteiger partial charge in [-0.1, -0.05) is 55.8 Å². The second kappa shape index (κ2) is 6.08. The summed E-state index contributed by atoms with van der Waals surface area (Å²) in [6.07, 6.45) is 2.01. The molecule has 0 saturated carbocycles. The van der Waals surface area contributed by atoms with Crippen molar-refractivity contribution in [3.05, 3.63) is 57.2 Å². The van der Waals surface area contributed by atoms with Gasteiger partial charge < -0.3 is 5.73 Å². The quantitative estimate of drug-likeness (QED) is 0.809.